The minimum Gasteiger partial charge on any atom is -0.338 e. The normalized spacial score (nSPS) is 23.2. The molecule has 0 aliphatic carbocycles. The van der Waals surface area contributed by atoms with Crippen molar-refractivity contribution >= 4 is 11.6 Å². The van der Waals surface area contributed by atoms with E-state index in [-0.39, 0.29) is 17.2 Å². The summed E-state index contributed by atoms with van der Waals surface area (Å²) in [5.41, 5.74) is 0.0761. The van der Waals surface area contributed by atoms with Crippen LogP contribution in [0.5, 0.6) is 0 Å². The van der Waals surface area contributed by atoms with Crippen LogP contribution in [-0.4, -0.2) is 28.8 Å². The maximum Gasteiger partial charge on any atom is 0.282 e. The van der Waals surface area contributed by atoms with E-state index in [0.29, 0.717) is 24.9 Å². The Kier molecular flexibility index (Phi) is 3.83. The molecule has 5 nitrogen and oxygen atoms in total. The summed E-state index contributed by atoms with van der Waals surface area (Å²) in [4.78, 5) is 24.7. The largest absolute Gasteiger partial charge is 0.338 e. The first kappa shape index (κ1) is 13.5. The number of benzene rings is 1. The molecule has 1 aromatic rings. The standard InChI is InChI=1S/C14H18N2O3/c1-10-7-11(2)9-15(8-10)14(17)12-5-3-4-6-13(12)16(18)19/h3-6,10-11H,7-9H2,1-2H3/t10-,11-/m0/s1. The van der Waals surface area contributed by atoms with Crippen LogP contribution < -0.4 is 0 Å². The molecule has 2 atom stereocenters. The lowest BCUT2D eigenvalue weighted by molar-refractivity contribution is -0.385. The molecule has 0 bridgehead atoms. The first-order valence-electron chi connectivity index (χ1n) is 6.51. The molecular weight excluding hydrogens is 244 g/mol. The number of likely N-dealkylation sites (tertiary alicyclic amines) is 1. The lowest BCUT2D eigenvalue weighted by Gasteiger charge is -2.34. The van der Waals surface area contributed by atoms with Crippen molar-refractivity contribution in [3.63, 3.8) is 0 Å². The Balaban J connectivity index is 2.27. The number of rotatable bonds is 2. The Labute approximate surface area is 112 Å². The van der Waals surface area contributed by atoms with Gasteiger partial charge in [-0.1, -0.05) is 26.0 Å². The predicted octanol–water partition coefficient (Wildman–Crippen LogP) is 2.71. The van der Waals surface area contributed by atoms with E-state index in [1.165, 1.54) is 12.1 Å². The van der Waals surface area contributed by atoms with Crippen molar-refractivity contribution in [3.05, 3.63) is 39.9 Å². The van der Waals surface area contributed by atoms with Crippen LogP contribution in [-0.2, 0) is 0 Å². The molecule has 0 spiro atoms. The van der Waals surface area contributed by atoms with E-state index in [1.807, 2.05) is 0 Å². The van der Waals surface area contributed by atoms with E-state index in [9.17, 15) is 14.9 Å². The highest BCUT2D eigenvalue weighted by atomic mass is 16.6. The highest BCUT2D eigenvalue weighted by molar-refractivity contribution is 5.98. The molecule has 1 aromatic carbocycles. The third-order valence-corrected chi connectivity index (χ3v) is 3.49. The molecule has 2 rings (SSSR count). The molecule has 19 heavy (non-hydrogen) atoms. The summed E-state index contributed by atoms with van der Waals surface area (Å²) >= 11 is 0. The zero-order valence-corrected chi connectivity index (χ0v) is 11.2. The van der Waals surface area contributed by atoms with Gasteiger partial charge >= 0.3 is 0 Å². The summed E-state index contributed by atoms with van der Waals surface area (Å²) in [6, 6.07) is 6.15. The van der Waals surface area contributed by atoms with Gasteiger partial charge in [0.05, 0.1) is 4.92 Å². The van der Waals surface area contributed by atoms with Gasteiger partial charge in [-0.05, 0) is 24.3 Å². The molecule has 0 radical (unpaired) electrons. The second-order valence-electron chi connectivity index (χ2n) is 5.43. The second kappa shape index (κ2) is 5.38. The molecule has 102 valence electrons. The molecule has 1 aliphatic heterocycles. The molecule has 1 aliphatic rings. The van der Waals surface area contributed by atoms with Crippen molar-refractivity contribution in [2.75, 3.05) is 13.1 Å². The summed E-state index contributed by atoms with van der Waals surface area (Å²) < 4.78 is 0. The molecular formula is C14H18N2O3. The Morgan fingerprint density at radius 3 is 2.42 bits per heavy atom. The SMILES string of the molecule is C[C@H]1C[C@H](C)CN(C(=O)c2ccccc2[N+](=O)[O-])C1. The van der Waals surface area contributed by atoms with Crippen LogP contribution in [0.1, 0.15) is 30.6 Å². The lowest BCUT2D eigenvalue weighted by Crippen LogP contribution is -2.42. The predicted molar refractivity (Wildman–Crippen MR) is 71.9 cm³/mol. The van der Waals surface area contributed by atoms with Gasteiger partial charge < -0.3 is 4.90 Å². The topological polar surface area (TPSA) is 63.5 Å². The van der Waals surface area contributed by atoms with Crippen LogP contribution in [0.2, 0.25) is 0 Å². The Hall–Kier alpha value is -1.91. The van der Waals surface area contributed by atoms with Crippen LogP contribution in [0.4, 0.5) is 5.69 Å². The molecule has 1 heterocycles. The van der Waals surface area contributed by atoms with E-state index in [2.05, 4.69) is 13.8 Å². The Bertz CT molecular complexity index is 491. The van der Waals surface area contributed by atoms with Crippen LogP contribution in [0.15, 0.2) is 24.3 Å². The Morgan fingerprint density at radius 1 is 1.26 bits per heavy atom. The molecule has 0 N–H and O–H groups in total. The molecule has 0 aromatic heterocycles. The monoisotopic (exact) mass is 262 g/mol. The van der Waals surface area contributed by atoms with Gasteiger partial charge in [0, 0.05) is 19.2 Å². The second-order valence-corrected chi connectivity index (χ2v) is 5.43. The highest BCUT2D eigenvalue weighted by Gasteiger charge is 2.29. The van der Waals surface area contributed by atoms with Crippen molar-refractivity contribution in [1.29, 1.82) is 0 Å². The number of hydrogen-bond acceptors (Lipinski definition) is 3. The lowest BCUT2D eigenvalue weighted by atomic mass is 9.91. The summed E-state index contributed by atoms with van der Waals surface area (Å²) in [6.45, 7) is 5.56. The quantitative estimate of drug-likeness (QED) is 0.608. The molecule has 0 saturated carbocycles. The van der Waals surface area contributed by atoms with Crippen molar-refractivity contribution in [2.24, 2.45) is 11.8 Å². The van der Waals surface area contributed by atoms with E-state index in [1.54, 1.807) is 17.0 Å². The molecule has 5 heteroatoms. The smallest absolute Gasteiger partial charge is 0.282 e. The molecule has 1 amide bonds. The molecule has 1 saturated heterocycles. The van der Waals surface area contributed by atoms with E-state index < -0.39 is 4.92 Å². The van der Waals surface area contributed by atoms with Gasteiger partial charge in [-0.3, -0.25) is 14.9 Å². The zero-order chi connectivity index (χ0) is 14.0. The summed E-state index contributed by atoms with van der Waals surface area (Å²) in [7, 11) is 0. The van der Waals surface area contributed by atoms with E-state index in [4.69, 9.17) is 0 Å². The van der Waals surface area contributed by atoms with Crippen LogP contribution >= 0.6 is 0 Å². The fourth-order valence-corrected chi connectivity index (χ4v) is 2.81. The number of nitrogens with zero attached hydrogens (tertiary/aromatic N) is 2. The number of piperidine rings is 1. The van der Waals surface area contributed by atoms with Gasteiger partial charge in [-0.2, -0.15) is 0 Å². The fraction of sp³-hybridized carbons (Fsp3) is 0.500. The van der Waals surface area contributed by atoms with Crippen LogP contribution in [0.3, 0.4) is 0 Å². The van der Waals surface area contributed by atoms with Gasteiger partial charge in [0.1, 0.15) is 5.56 Å². The highest BCUT2D eigenvalue weighted by Crippen LogP contribution is 2.25. The number of amides is 1. The third-order valence-electron chi connectivity index (χ3n) is 3.49. The third kappa shape index (κ3) is 2.92. The van der Waals surface area contributed by atoms with Gasteiger partial charge in [-0.15, -0.1) is 0 Å². The van der Waals surface area contributed by atoms with E-state index >= 15 is 0 Å². The van der Waals surface area contributed by atoms with Crippen molar-refractivity contribution in [2.45, 2.75) is 20.3 Å². The first-order valence-corrected chi connectivity index (χ1v) is 6.51. The van der Waals surface area contributed by atoms with Crippen molar-refractivity contribution in [1.82, 2.24) is 4.90 Å². The average molecular weight is 262 g/mol. The summed E-state index contributed by atoms with van der Waals surface area (Å²) in [5, 5.41) is 11.0. The summed E-state index contributed by atoms with van der Waals surface area (Å²) in [5.74, 6) is 0.650. The number of para-hydroxylation sites is 1. The maximum absolute atomic E-state index is 12.4. The average Bonchev–Trinajstić information content (AvgIpc) is 2.36. The number of nitro benzene ring substituents is 1. The van der Waals surface area contributed by atoms with Crippen LogP contribution in [0, 0.1) is 22.0 Å². The number of carbonyl (C=O) groups excluding carboxylic acids is 1. The zero-order valence-electron chi connectivity index (χ0n) is 11.2. The number of carbonyl (C=O) groups is 1. The summed E-state index contributed by atoms with van der Waals surface area (Å²) in [6.07, 6.45) is 1.10. The minimum atomic E-state index is -0.496. The number of hydrogen-bond donors (Lipinski definition) is 0. The van der Waals surface area contributed by atoms with Crippen molar-refractivity contribution < 1.29 is 9.72 Å². The molecule has 0 unspecified atom stereocenters. The molecule has 1 fully saturated rings. The van der Waals surface area contributed by atoms with Gasteiger partial charge in [0.15, 0.2) is 0 Å². The van der Waals surface area contributed by atoms with E-state index in [0.717, 1.165) is 6.42 Å². The fourth-order valence-electron chi connectivity index (χ4n) is 2.81. The minimum absolute atomic E-state index is 0.113. The Morgan fingerprint density at radius 2 is 1.84 bits per heavy atom. The number of nitro groups is 1. The first-order chi connectivity index (χ1) is 8.99. The van der Waals surface area contributed by atoms with Crippen molar-refractivity contribution in [3.8, 4) is 0 Å². The van der Waals surface area contributed by atoms with Gasteiger partial charge in [0.2, 0.25) is 0 Å². The van der Waals surface area contributed by atoms with Crippen LogP contribution in [0.25, 0.3) is 0 Å². The van der Waals surface area contributed by atoms with Gasteiger partial charge in [0.25, 0.3) is 11.6 Å². The maximum atomic E-state index is 12.4. The van der Waals surface area contributed by atoms with Gasteiger partial charge in [-0.25, -0.2) is 0 Å².